The predicted molar refractivity (Wildman–Crippen MR) is 67.9 cm³/mol. The number of nitrogens with zero attached hydrogens (tertiary/aromatic N) is 2. The summed E-state index contributed by atoms with van der Waals surface area (Å²) in [6.45, 7) is 1.89. The molecular weight excluding hydrogens is 255 g/mol. The van der Waals surface area contributed by atoms with Crippen molar-refractivity contribution < 1.29 is 9.13 Å². The van der Waals surface area contributed by atoms with Crippen LogP contribution in [0.4, 0.5) is 0 Å². The van der Waals surface area contributed by atoms with E-state index >= 15 is 0 Å². The number of hydrogen-bond acceptors (Lipinski definition) is 0. The van der Waals surface area contributed by atoms with Crippen molar-refractivity contribution >= 4 is 23.2 Å². The predicted octanol–water partition coefficient (Wildman–Crippen LogP) is 2.66. The van der Waals surface area contributed by atoms with E-state index < -0.39 is 0 Å². The molecule has 0 N–H and O–H groups in total. The molecule has 0 radical (unpaired) electrons. The summed E-state index contributed by atoms with van der Waals surface area (Å²) < 4.78 is 4.18. The Kier molecular flexibility index (Phi) is 4.35. The molecule has 4 heteroatoms. The van der Waals surface area contributed by atoms with Gasteiger partial charge in [-0.3, -0.25) is 0 Å². The van der Waals surface area contributed by atoms with Crippen LogP contribution in [0.2, 0.25) is 10.0 Å². The fourth-order valence-corrected chi connectivity index (χ4v) is 2.09. The lowest BCUT2D eigenvalue weighted by molar-refractivity contribution is -0.726. The van der Waals surface area contributed by atoms with E-state index in [2.05, 4.69) is 9.13 Å². The van der Waals surface area contributed by atoms with E-state index in [1.807, 2.05) is 49.1 Å². The van der Waals surface area contributed by atoms with Gasteiger partial charge >= 0.3 is 0 Å². The summed E-state index contributed by atoms with van der Waals surface area (Å²) in [6.07, 6.45) is 8.95. The molecular formula is C13H14Cl2N2+2. The van der Waals surface area contributed by atoms with Gasteiger partial charge in [-0.2, -0.15) is 0 Å². The SMILES string of the molecule is Clc1ccc[n+](CCC[n+]2cccc(Cl)c2)c1. The molecule has 2 rings (SSSR count). The van der Waals surface area contributed by atoms with E-state index in [0.717, 1.165) is 29.6 Å². The van der Waals surface area contributed by atoms with Gasteiger partial charge in [0, 0.05) is 12.1 Å². The van der Waals surface area contributed by atoms with Crippen molar-refractivity contribution in [1.29, 1.82) is 0 Å². The minimum Gasteiger partial charge on any atom is -0.203 e. The number of rotatable bonds is 4. The topological polar surface area (TPSA) is 7.76 Å². The van der Waals surface area contributed by atoms with E-state index in [1.54, 1.807) is 0 Å². The molecule has 2 nitrogen and oxygen atoms in total. The van der Waals surface area contributed by atoms with E-state index in [-0.39, 0.29) is 0 Å². The third-order valence-corrected chi connectivity index (χ3v) is 2.92. The van der Waals surface area contributed by atoms with Crippen LogP contribution in [0.25, 0.3) is 0 Å². The number of pyridine rings is 2. The average molecular weight is 269 g/mol. The molecule has 0 unspecified atom stereocenters. The summed E-state index contributed by atoms with van der Waals surface area (Å²) in [5, 5.41) is 1.53. The number of halogens is 2. The standard InChI is InChI=1S/C13H14Cl2N2/c14-12-4-1-6-16(10-12)8-3-9-17-7-2-5-13(15)11-17/h1-2,4-7,10-11H,3,8-9H2/q+2. The number of hydrogen-bond donors (Lipinski definition) is 0. The zero-order chi connectivity index (χ0) is 12.1. The molecule has 2 aromatic rings. The Hall–Kier alpha value is -1.12. The molecule has 0 saturated carbocycles. The summed E-state index contributed by atoms with van der Waals surface area (Å²) in [5.41, 5.74) is 0. The number of aromatic nitrogens is 2. The molecule has 0 aliphatic rings. The van der Waals surface area contributed by atoms with Crippen LogP contribution in [0.5, 0.6) is 0 Å². The van der Waals surface area contributed by atoms with E-state index in [4.69, 9.17) is 23.2 Å². The largest absolute Gasteiger partial charge is 0.203 e. The van der Waals surface area contributed by atoms with Gasteiger partial charge in [0.1, 0.15) is 10.0 Å². The number of aryl methyl sites for hydroxylation is 2. The Morgan fingerprint density at radius 1 is 0.824 bits per heavy atom. The Labute approximate surface area is 111 Å². The second-order valence-electron chi connectivity index (χ2n) is 3.87. The maximum Gasteiger partial charge on any atom is 0.187 e. The first-order valence-corrected chi connectivity index (χ1v) is 6.29. The smallest absolute Gasteiger partial charge is 0.187 e. The Balaban J connectivity index is 1.87. The maximum absolute atomic E-state index is 5.92. The third-order valence-electron chi connectivity index (χ3n) is 2.48. The zero-order valence-corrected chi connectivity index (χ0v) is 10.9. The van der Waals surface area contributed by atoms with Crippen LogP contribution in [0.3, 0.4) is 0 Å². The van der Waals surface area contributed by atoms with E-state index in [1.165, 1.54) is 0 Å². The minimum absolute atomic E-state index is 0.767. The molecule has 0 spiro atoms. The molecule has 0 atom stereocenters. The van der Waals surface area contributed by atoms with Gasteiger partial charge in [-0.05, 0) is 12.1 Å². The molecule has 0 aliphatic carbocycles. The summed E-state index contributed by atoms with van der Waals surface area (Å²) in [7, 11) is 0. The Bertz CT molecular complexity index is 455. The van der Waals surface area contributed by atoms with Gasteiger partial charge in [-0.25, -0.2) is 9.13 Å². The molecule has 2 aromatic heterocycles. The van der Waals surface area contributed by atoms with Crippen LogP contribution in [0, 0.1) is 0 Å². The molecule has 0 bridgehead atoms. The van der Waals surface area contributed by atoms with Crippen molar-refractivity contribution in [2.45, 2.75) is 19.5 Å². The van der Waals surface area contributed by atoms with Crippen LogP contribution >= 0.6 is 23.2 Å². The quantitative estimate of drug-likeness (QED) is 0.754. The lowest BCUT2D eigenvalue weighted by Gasteiger charge is -1.97. The highest BCUT2D eigenvalue weighted by molar-refractivity contribution is 6.30. The fourth-order valence-electron chi connectivity index (χ4n) is 1.69. The molecule has 0 fully saturated rings. The molecule has 0 aromatic carbocycles. The third kappa shape index (κ3) is 3.99. The normalized spacial score (nSPS) is 10.5. The van der Waals surface area contributed by atoms with Crippen molar-refractivity contribution in [3.05, 3.63) is 59.1 Å². The van der Waals surface area contributed by atoms with Gasteiger partial charge in [0.2, 0.25) is 0 Å². The summed E-state index contributed by atoms with van der Waals surface area (Å²) >= 11 is 11.8. The molecule has 0 aliphatic heterocycles. The first-order chi connectivity index (χ1) is 8.24. The van der Waals surface area contributed by atoms with Crippen molar-refractivity contribution in [3.8, 4) is 0 Å². The highest BCUT2D eigenvalue weighted by Gasteiger charge is 2.05. The highest BCUT2D eigenvalue weighted by atomic mass is 35.5. The van der Waals surface area contributed by atoms with E-state index in [9.17, 15) is 0 Å². The van der Waals surface area contributed by atoms with Crippen LogP contribution in [-0.2, 0) is 13.1 Å². The van der Waals surface area contributed by atoms with Crippen molar-refractivity contribution in [3.63, 3.8) is 0 Å². The van der Waals surface area contributed by atoms with Crippen LogP contribution < -0.4 is 9.13 Å². The summed E-state index contributed by atoms with van der Waals surface area (Å²) in [5.74, 6) is 0. The monoisotopic (exact) mass is 268 g/mol. The maximum atomic E-state index is 5.92. The molecule has 0 amide bonds. The van der Waals surface area contributed by atoms with Crippen molar-refractivity contribution in [2.24, 2.45) is 0 Å². The lowest BCUT2D eigenvalue weighted by atomic mass is 10.3. The first-order valence-electron chi connectivity index (χ1n) is 5.53. The lowest BCUT2D eigenvalue weighted by Crippen LogP contribution is -2.38. The van der Waals surface area contributed by atoms with Crippen molar-refractivity contribution in [1.82, 2.24) is 0 Å². The molecule has 17 heavy (non-hydrogen) atoms. The fraction of sp³-hybridized carbons (Fsp3) is 0.231. The summed E-state index contributed by atoms with van der Waals surface area (Å²) in [6, 6.07) is 7.66. The Morgan fingerprint density at radius 3 is 1.71 bits per heavy atom. The van der Waals surface area contributed by atoms with Gasteiger partial charge in [0.15, 0.2) is 37.9 Å². The minimum atomic E-state index is 0.767. The van der Waals surface area contributed by atoms with Crippen LogP contribution in [-0.4, -0.2) is 0 Å². The van der Waals surface area contributed by atoms with Crippen LogP contribution in [0.1, 0.15) is 6.42 Å². The average Bonchev–Trinajstić information content (AvgIpc) is 2.29. The highest BCUT2D eigenvalue weighted by Crippen LogP contribution is 2.02. The van der Waals surface area contributed by atoms with Gasteiger partial charge in [0.25, 0.3) is 0 Å². The first kappa shape index (κ1) is 12.3. The molecule has 0 saturated heterocycles. The molecule has 88 valence electrons. The van der Waals surface area contributed by atoms with Gasteiger partial charge in [0.05, 0.1) is 6.42 Å². The van der Waals surface area contributed by atoms with Crippen molar-refractivity contribution in [2.75, 3.05) is 0 Å². The second-order valence-corrected chi connectivity index (χ2v) is 4.75. The van der Waals surface area contributed by atoms with Crippen LogP contribution in [0.15, 0.2) is 49.1 Å². The van der Waals surface area contributed by atoms with E-state index in [0.29, 0.717) is 0 Å². The summed E-state index contributed by atoms with van der Waals surface area (Å²) in [4.78, 5) is 0. The Morgan fingerprint density at radius 2 is 1.29 bits per heavy atom. The zero-order valence-electron chi connectivity index (χ0n) is 9.39. The van der Waals surface area contributed by atoms with Gasteiger partial charge < -0.3 is 0 Å². The van der Waals surface area contributed by atoms with Gasteiger partial charge in [-0.1, -0.05) is 23.2 Å². The second kappa shape index (κ2) is 5.99. The molecule has 2 heterocycles. The van der Waals surface area contributed by atoms with Gasteiger partial charge in [-0.15, -0.1) is 0 Å².